The summed E-state index contributed by atoms with van der Waals surface area (Å²) in [6.45, 7) is 0. The first-order valence-corrected chi connectivity index (χ1v) is 5.54. The fourth-order valence-corrected chi connectivity index (χ4v) is 1.24. The van der Waals surface area contributed by atoms with Crippen molar-refractivity contribution in [2.75, 3.05) is 11.5 Å². The number of hydrogen-bond acceptors (Lipinski definition) is 6. The van der Waals surface area contributed by atoms with Crippen molar-refractivity contribution in [1.29, 1.82) is 0 Å². The normalized spacial score (nSPS) is 8.00. The van der Waals surface area contributed by atoms with E-state index in [9.17, 15) is 19.8 Å². The number of nitrogens with two attached hydrogens (primary N) is 2. The molecule has 0 aliphatic heterocycles. The number of carbonyl (C=O) groups is 2. The van der Waals surface area contributed by atoms with Gasteiger partial charge in [-0.1, -0.05) is 24.3 Å². The Hall–Kier alpha value is -1.62. The molecule has 0 aromatic heterocycles. The minimum Gasteiger partial charge on any atom is -0.545 e. The molecule has 0 radical (unpaired) electrons. The summed E-state index contributed by atoms with van der Waals surface area (Å²) >= 11 is 0. The molecule has 0 fully saturated rings. The van der Waals surface area contributed by atoms with E-state index in [2.05, 4.69) is 0 Å². The fourth-order valence-electron chi connectivity index (χ4n) is 1.24. The average molecular weight is 396 g/mol. The number of carboxylic acids is 2. The van der Waals surface area contributed by atoms with Crippen molar-refractivity contribution >= 4 is 68.8 Å². The third kappa shape index (κ3) is 9.89. The van der Waals surface area contributed by atoms with E-state index in [1.165, 1.54) is 48.5 Å². The quantitative estimate of drug-likeness (QED) is 0.407. The third-order valence-corrected chi connectivity index (χ3v) is 2.29. The zero-order valence-electron chi connectivity index (χ0n) is 12.1. The zero-order chi connectivity index (χ0) is 15.1. The van der Waals surface area contributed by atoms with Gasteiger partial charge in [-0.05, 0) is 35.4 Å². The van der Waals surface area contributed by atoms with Crippen molar-refractivity contribution in [3.8, 4) is 0 Å². The van der Waals surface area contributed by atoms with Crippen LogP contribution in [0.3, 0.4) is 0 Å². The van der Waals surface area contributed by atoms with Crippen LogP contribution in [-0.4, -0.2) is 68.4 Å². The first kappa shape index (κ1) is 26.3. The molecular weight excluding hydrogens is 380 g/mol. The number of rotatable bonds is 2. The molecule has 0 unspecified atom stereocenters. The Morgan fingerprint density at radius 3 is 1.04 bits per heavy atom. The Balaban J connectivity index is -0.000000308. The molecule has 9 heteroatoms. The smallest absolute Gasteiger partial charge is 0.545 e. The third-order valence-electron chi connectivity index (χ3n) is 2.29. The van der Waals surface area contributed by atoms with Gasteiger partial charge in [-0.2, -0.15) is 0 Å². The van der Waals surface area contributed by atoms with E-state index in [0.717, 1.165) is 0 Å². The Morgan fingerprint density at radius 1 is 0.652 bits per heavy atom. The van der Waals surface area contributed by atoms with Crippen LogP contribution in [0.2, 0.25) is 0 Å². The van der Waals surface area contributed by atoms with Gasteiger partial charge in [0.05, 0.1) is 11.9 Å². The minimum absolute atomic E-state index is 0. The van der Waals surface area contributed by atoms with Gasteiger partial charge in [0.25, 0.3) is 0 Å². The second-order valence-corrected chi connectivity index (χ2v) is 3.82. The van der Waals surface area contributed by atoms with Gasteiger partial charge in [0.2, 0.25) is 0 Å². The van der Waals surface area contributed by atoms with Gasteiger partial charge in [-0.25, -0.2) is 0 Å². The van der Waals surface area contributed by atoms with Gasteiger partial charge >= 0.3 is 45.5 Å². The first-order chi connectivity index (χ1) is 9.40. The van der Waals surface area contributed by atoms with Crippen LogP contribution < -0.4 is 21.7 Å². The van der Waals surface area contributed by atoms with Gasteiger partial charge in [-0.3, -0.25) is 0 Å². The summed E-state index contributed by atoms with van der Waals surface area (Å²) < 4.78 is 0. The standard InChI is InChI=1S/2C7H7NO2.2H2O.Sr/c2*8-6-3-1-5(2-4-6)7(9)10;;;/h2*1-4H,8H2,(H,9,10);2*1H2;/q;;;;+2/p-2. The minimum atomic E-state index is -1.18. The fraction of sp³-hybridized carbons (Fsp3) is 0. The van der Waals surface area contributed by atoms with Crippen molar-refractivity contribution in [2.24, 2.45) is 0 Å². The van der Waals surface area contributed by atoms with Crippen molar-refractivity contribution in [1.82, 2.24) is 0 Å². The van der Waals surface area contributed by atoms with Gasteiger partial charge in [-0.15, -0.1) is 0 Å². The predicted molar refractivity (Wildman–Crippen MR) is 83.4 cm³/mol. The summed E-state index contributed by atoms with van der Waals surface area (Å²) in [4.78, 5) is 20.3. The van der Waals surface area contributed by atoms with E-state index in [4.69, 9.17) is 11.5 Å². The van der Waals surface area contributed by atoms with E-state index in [1.807, 2.05) is 0 Å². The van der Waals surface area contributed by atoms with Gasteiger partial charge in [0, 0.05) is 11.4 Å². The Kier molecular flexibility index (Phi) is 14.7. The number of aromatic carboxylic acids is 2. The SMILES string of the molecule is Nc1ccc(C(=O)[O-])cc1.Nc1ccc(C(=O)[O-])cc1.O.O.[Sr+2]. The number of hydrogen-bond donors (Lipinski definition) is 2. The second kappa shape index (κ2) is 12.9. The van der Waals surface area contributed by atoms with Crippen LogP contribution in [0.15, 0.2) is 48.5 Å². The molecule has 2 aromatic carbocycles. The van der Waals surface area contributed by atoms with Crippen LogP contribution in [0.4, 0.5) is 11.4 Å². The number of nitrogen functional groups attached to an aromatic ring is 2. The maximum absolute atomic E-state index is 10.2. The summed E-state index contributed by atoms with van der Waals surface area (Å²) in [7, 11) is 0. The maximum atomic E-state index is 10.2. The Bertz CT molecular complexity index is 546. The molecule has 0 aliphatic carbocycles. The van der Waals surface area contributed by atoms with Crippen LogP contribution in [0, 0.1) is 0 Å². The predicted octanol–water partition coefficient (Wildman–Crippen LogP) is -2.77. The molecule has 0 saturated heterocycles. The summed E-state index contributed by atoms with van der Waals surface area (Å²) in [6.07, 6.45) is 0. The average Bonchev–Trinajstić information content (AvgIpc) is 2.40. The number of anilines is 2. The van der Waals surface area contributed by atoms with Crippen molar-refractivity contribution in [3.05, 3.63) is 59.7 Å². The molecule has 8 nitrogen and oxygen atoms in total. The van der Waals surface area contributed by atoms with E-state index in [0.29, 0.717) is 11.4 Å². The van der Waals surface area contributed by atoms with E-state index >= 15 is 0 Å². The summed E-state index contributed by atoms with van der Waals surface area (Å²) in [5.74, 6) is -2.36. The maximum Gasteiger partial charge on any atom is 2.00 e. The molecule has 0 aliphatic rings. The molecule has 0 heterocycles. The monoisotopic (exact) mass is 396 g/mol. The molecule has 120 valence electrons. The van der Waals surface area contributed by atoms with E-state index in [1.54, 1.807) is 0 Å². The van der Waals surface area contributed by atoms with Crippen LogP contribution in [0.25, 0.3) is 0 Å². The first-order valence-electron chi connectivity index (χ1n) is 5.54. The second-order valence-electron chi connectivity index (χ2n) is 3.82. The van der Waals surface area contributed by atoms with Crippen LogP contribution >= 0.6 is 0 Å². The largest absolute Gasteiger partial charge is 2.00 e. The molecule has 8 N–H and O–H groups in total. The summed E-state index contributed by atoms with van der Waals surface area (Å²) in [5.41, 5.74) is 12.0. The van der Waals surface area contributed by atoms with E-state index in [-0.39, 0.29) is 67.6 Å². The van der Waals surface area contributed by atoms with Gasteiger partial charge in [0.1, 0.15) is 0 Å². The molecule has 2 aromatic rings. The number of carboxylic acid groups (broad SMARTS) is 2. The van der Waals surface area contributed by atoms with E-state index < -0.39 is 11.9 Å². The van der Waals surface area contributed by atoms with Gasteiger partial charge in [0.15, 0.2) is 0 Å². The molecule has 0 bridgehead atoms. The summed E-state index contributed by atoms with van der Waals surface area (Å²) in [5, 5.41) is 20.3. The molecule has 0 spiro atoms. The van der Waals surface area contributed by atoms with Crippen LogP contribution in [0.5, 0.6) is 0 Å². The van der Waals surface area contributed by atoms with Crippen molar-refractivity contribution in [3.63, 3.8) is 0 Å². The van der Waals surface area contributed by atoms with Gasteiger partial charge < -0.3 is 42.2 Å². The van der Waals surface area contributed by atoms with Crippen LogP contribution in [0.1, 0.15) is 20.7 Å². The number of carbonyl (C=O) groups excluding carboxylic acids is 2. The molecule has 0 atom stereocenters. The topological polar surface area (TPSA) is 195 Å². The Labute approximate surface area is 169 Å². The zero-order valence-corrected chi connectivity index (χ0v) is 15.6. The number of benzene rings is 2. The Morgan fingerprint density at radius 2 is 0.870 bits per heavy atom. The molecule has 23 heavy (non-hydrogen) atoms. The van der Waals surface area contributed by atoms with Crippen molar-refractivity contribution < 1.29 is 30.8 Å². The molecule has 2 rings (SSSR count). The van der Waals surface area contributed by atoms with Crippen molar-refractivity contribution in [2.45, 2.75) is 0 Å². The molecule has 0 amide bonds. The summed E-state index contributed by atoms with van der Waals surface area (Å²) in [6, 6.07) is 11.7. The molecule has 0 saturated carbocycles. The molecular formula is C14H16N2O6Sr. The van der Waals surface area contributed by atoms with Crippen LogP contribution in [-0.2, 0) is 0 Å².